The molecule has 5 nitrogen and oxygen atoms in total. The third-order valence-electron chi connectivity index (χ3n) is 5.94. The first-order valence-corrected chi connectivity index (χ1v) is 11.8. The minimum atomic E-state index is -3.58. The Morgan fingerprint density at radius 2 is 1.63 bits per heavy atom. The SMILES string of the molecule is Cc1ccc(S(=O)(=O)NC2CCC(C(=O)N[C@H](C)c3ccc(F)cc3)CC2)cc1C. The van der Waals surface area contributed by atoms with Crippen LogP contribution < -0.4 is 10.0 Å². The number of rotatable bonds is 6. The lowest BCUT2D eigenvalue weighted by Gasteiger charge is -2.29. The number of carbonyl (C=O) groups excluding carboxylic acids is 1. The van der Waals surface area contributed by atoms with Gasteiger partial charge in [0.15, 0.2) is 0 Å². The second kappa shape index (κ2) is 9.27. The van der Waals surface area contributed by atoms with E-state index in [-0.39, 0.29) is 34.6 Å². The van der Waals surface area contributed by atoms with Crippen LogP contribution in [0.15, 0.2) is 47.4 Å². The maximum atomic E-state index is 13.1. The molecule has 7 heteroatoms. The van der Waals surface area contributed by atoms with Gasteiger partial charge in [-0.1, -0.05) is 18.2 Å². The van der Waals surface area contributed by atoms with E-state index in [1.54, 1.807) is 24.3 Å². The van der Waals surface area contributed by atoms with E-state index in [4.69, 9.17) is 0 Å². The van der Waals surface area contributed by atoms with Crippen molar-refractivity contribution in [1.29, 1.82) is 0 Å². The van der Waals surface area contributed by atoms with Crippen molar-refractivity contribution < 1.29 is 17.6 Å². The Morgan fingerprint density at radius 3 is 2.23 bits per heavy atom. The number of nitrogens with one attached hydrogen (secondary N) is 2. The molecule has 30 heavy (non-hydrogen) atoms. The van der Waals surface area contributed by atoms with E-state index in [0.29, 0.717) is 25.7 Å². The van der Waals surface area contributed by atoms with Crippen molar-refractivity contribution in [3.63, 3.8) is 0 Å². The van der Waals surface area contributed by atoms with Crippen molar-refractivity contribution in [1.82, 2.24) is 10.0 Å². The zero-order chi connectivity index (χ0) is 21.9. The van der Waals surface area contributed by atoms with E-state index in [9.17, 15) is 17.6 Å². The molecule has 1 amide bonds. The first kappa shape index (κ1) is 22.4. The molecule has 2 N–H and O–H groups in total. The molecule has 0 aliphatic heterocycles. The summed E-state index contributed by atoms with van der Waals surface area (Å²) in [6.07, 6.45) is 2.49. The molecule has 0 bridgehead atoms. The van der Waals surface area contributed by atoms with Crippen molar-refractivity contribution in [3.8, 4) is 0 Å². The molecule has 0 unspecified atom stereocenters. The Morgan fingerprint density at radius 1 is 1.00 bits per heavy atom. The van der Waals surface area contributed by atoms with Crippen LogP contribution in [0.4, 0.5) is 4.39 Å². The standard InChI is InChI=1S/C23H29FN2O3S/c1-15-4-13-22(14-16(15)2)30(28,29)26-21-11-7-19(8-12-21)23(27)25-17(3)18-5-9-20(24)10-6-18/h4-6,9-10,13-14,17,19,21,26H,7-8,11-12H2,1-3H3,(H,25,27)/t17-,19?,21?/m1/s1. The van der Waals surface area contributed by atoms with Gasteiger partial charge in [-0.25, -0.2) is 17.5 Å². The fourth-order valence-electron chi connectivity index (χ4n) is 3.81. The first-order chi connectivity index (χ1) is 14.2. The Hall–Kier alpha value is -2.25. The number of sulfonamides is 1. The molecule has 2 aromatic rings. The summed E-state index contributed by atoms with van der Waals surface area (Å²) in [6.45, 7) is 5.71. The Kier molecular flexibility index (Phi) is 6.93. The average molecular weight is 433 g/mol. The molecule has 0 saturated heterocycles. The lowest BCUT2D eigenvalue weighted by molar-refractivity contribution is -0.126. The van der Waals surface area contributed by atoms with E-state index < -0.39 is 10.0 Å². The van der Waals surface area contributed by atoms with Gasteiger partial charge in [0, 0.05) is 12.0 Å². The molecule has 0 heterocycles. The summed E-state index contributed by atoms with van der Waals surface area (Å²) >= 11 is 0. The van der Waals surface area contributed by atoms with Gasteiger partial charge < -0.3 is 5.32 Å². The summed E-state index contributed by atoms with van der Waals surface area (Å²) in [7, 11) is -3.58. The van der Waals surface area contributed by atoms with Crippen LogP contribution in [-0.4, -0.2) is 20.4 Å². The number of aryl methyl sites for hydroxylation is 2. The highest BCUT2D eigenvalue weighted by Crippen LogP contribution is 2.27. The van der Waals surface area contributed by atoms with Crippen molar-refractivity contribution in [2.45, 2.75) is 63.4 Å². The number of hydrogen-bond donors (Lipinski definition) is 2. The lowest BCUT2D eigenvalue weighted by Crippen LogP contribution is -2.41. The van der Waals surface area contributed by atoms with Crippen LogP contribution in [0, 0.1) is 25.6 Å². The molecule has 1 saturated carbocycles. The summed E-state index contributed by atoms with van der Waals surface area (Å²) in [4.78, 5) is 12.9. The van der Waals surface area contributed by atoms with Gasteiger partial charge in [0.1, 0.15) is 5.82 Å². The van der Waals surface area contributed by atoms with Gasteiger partial charge in [0.25, 0.3) is 0 Å². The van der Waals surface area contributed by atoms with Crippen LogP contribution in [-0.2, 0) is 14.8 Å². The molecular formula is C23H29FN2O3S. The van der Waals surface area contributed by atoms with Gasteiger partial charge in [-0.3, -0.25) is 4.79 Å². The number of carbonyl (C=O) groups is 1. The molecule has 1 fully saturated rings. The van der Waals surface area contributed by atoms with Crippen LogP contribution in [0.1, 0.15) is 55.3 Å². The molecular weight excluding hydrogens is 403 g/mol. The summed E-state index contributed by atoms with van der Waals surface area (Å²) in [5.41, 5.74) is 2.84. The monoisotopic (exact) mass is 432 g/mol. The quantitative estimate of drug-likeness (QED) is 0.720. The highest BCUT2D eigenvalue weighted by atomic mass is 32.2. The van der Waals surface area contributed by atoms with Crippen molar-refractivity contribution in [3.05, 3.63) is 65.0 Å². The van der Waals surface area contributed by atoms with Crippen LogP contribution >= 0.6 is 0 Å². The largest absolute Gasteiger partial charge is 0.349 e. The zero-order valence-electron chi connectivity index (χ0n) is 17.6. The molecule has 3 rings (SSSR count). The van der Waals surface area contributed by atoms with Crippen molar-refractivity contribution in [2.24, 2.45) is 5.92 Å². The van der Waals surface area contributed by atoms with Crippen LogP contribution in [0.5, 0.6) is 0 Å². The van der Waals surface area contributed by atoms with Gasteiger partial charge in [-0.05, 0) is 87.4 Å². The second-order valence-electron chi connectivity index (χ2n) is 8.20. The third-order valence-corrected chi connectivity index (χ3v) is 7.46. The van der Waals surface area contributed by atoms with Crippen LogP contribution in [0.3, 0.4) is 0 Å². The van der Waals surface area contributed by atoms with E-state index in [1.807, 2.05) is 26.8 Å². The minimum absolute atomic E-state index is 0.0395. The molecule has 1 atom stereocenters. The highest BCUT2D eigenvalue weighted by molar-refractivity contribution is 7.89. The third kappa shape index (κ3) is 5.46. The maximum absolute atomic E-state index is 13.1. The van der Waals surface area contributed by atoms with E-state index in [1.165, 1.54) is 12.1 Å². The predicted molar refractivity (Wildman–Crippen MR) is 115 cm³/mol. The molecule has 1 aliphatic rings. The maximum Gasteiger partial charge on any atom is 0.240 e. The summed E-state index contributed by atoms with van der Waals surface area (Å²) in [6, 6.07) is 10.8. The summed E-state index contributed by atoms with van der Waals surface area (Å²) < 4.78 is 41.2. The fraction of sp³-hybridized carbons (Fsp3) is 0.435. The highest BCUT2D eigenvalue weighted by Gasteiger charge is 2.29. The molecule has 0 spiro atoms. The molecule has 162 valence electrons. The van der Waals surface area contributed by atoms with Crippen LogP contribution in [0.2, 0.25) is 0 Å². The van der Waals surface area contributed by atoms with Gasteiger partial charge in [-0.2, -0.15) is 0 Å². The number of hydrogen-bond acceptors (Lipinski definition) is 3. The first-order valence-electron chi connectivity index (χ1n) is 10.3. The van der Waals surface area contributed by atoms with E-state index in [0.717, 1.165) is 16.7 Å². The normalized spacial score (nSPS) is 20.5. The topological polar surface area (TPSA) is 75.3 Å². The minimum Gasteiger partial charge on any atom is -0.349 e. The van der Waals surface area contributed by atoms with Gasteiger partial charge >= 0.3 is 0 Å². The van der Waals surface area contributed by atoms with Gasteiger partial charge in [0.2, 0.25) is 15.9 Å². The van der Waals surface area contributed by atoms with E-state index in [2.05, 4.69) is 10.0 Å². The smallest absolute Gasteiger partial charge is 0.240 e. The van der Waals surface area contributed by atoms with Crippen molar-refractivity contribution >= 4 is 15.9 Å². The molecule has 0 aromatic heterocycles. The summed E-state index contributed by atoms with van der Waals surface area (Å²) in [5.74, 6) is -0.489. The predicted octanol–water partition coefficient (Wildman–Crippen LogP) is 4.16. The summed E-state index contributed by atoms with van der Waals surface area (Å²) in [5, 5.41) is 2.99. The number of halogens is 1. The second-order valence-corrected chi connectivity index (χ2v) is 9.91. The average Bonchev–Trinajstić information content (AvgIpc) is 2.70. The number of benzene rings is 2. The zero-order valence-corrected chi connectivity index (χ0v) is 18.4. The van der Waals surface area contributed by atoms with Crippen molar-refractivity contribution in [2.75, 3.05) is 0 Å². The Labute approximate surface area is 178 Å². The molecule has 1 aliphatic carbocycles. The fourth-order valence-corrected chi connectivity index (χ4v) is 5.20. The lowest BCUT2D eigenvalue weighted by atomic mass is 9.85. The molecule has 0 radical (unpaired) electrons. The van der Waals surface area contributed by atoms with Gasteiger partial charge in [0.05, 0.1) is 10.9 Å². The number of amides is 1. The van der Waals surface area contributed by atoms with E-state index >= 15 is 0 Å². The Bertz CT molecular complexity index is 998. The molecule has 2 aromatic carbocycles. The van der Waals surface area contributed by atoms with Crippen LogP contribution in [0.25, 0.3) is 0 Å². The Balaban J connectivity index is 1.53. The van der Waals surface area contributed by atoms with Gasteiger partial charge in [-0.15, -0.1) is 0 Å².